The van der Waals surface area contributed by atoms with Gasteiger partial charge in [-0.25, -0.2) is 0 Å². The Morgan fingerprint density at radius 3 is 2.29 bits per heavy atom. The van der Waals surface area contributed by atoms with Gasteiger partial charge in [0.05, 0.1) is 0 Å². The van der Waals surface area contributed by atoms with Gasteiger partial charge in [-0.05, 0) is 31.1 Å². The van der Waals surface area contributed by atoms with Gasteiger partial charge in [0, 0.05) is 6.04 Å². The van der Waals surface area contributed by atoms with Crippen LogP contribution in [0.3, 0.4) is 0 Å². The van der Waals surface area contributed by atoms with Gasteiger partial charge in [0.2, 0.25) is 0 Å². The first-order valence-corrected chi connectivity index (χ1v) is 6.62. The Morgan fingerprint density at radius 2 is 1.43 bits per heavy atom. The molecule has 2 fully saturated rings. The Balaban J connectivity index is 1.87. The van der Waals surface area contributed by atoms with Gasteiger partial charge >= 0.3 is 0 Å². The van der Waals surface area contributed by atoms with Gasteiger partial charge in [0.1, 0.15) is 0 Å². The van der Waals surface area contributed by atoms with Gasteiger partial charge < -0.3 is 5.73 Å². The molecule has 2 aliphatic carbocycles. The van der Waals surface area contributed by atoms with Crippen molar-refractivity contribution in [2.45, 2.75) is 70.3 Å². The minimum atomic E-state index is 0.526. The van der Waals surface area contributed by atoms with Gasteiger partial charge in [-0.2, -0.15) is 0 Å². The Labute approximate surface area is 88.4 Å². The highest BCUT2D eigenvalue weighted by atomic mass is 14.7. The fourth-order valence-corrected chi connectivity index (χ4v) is 3.34. The average molecular weight is 195 g/mol. The molecule has 0 radical (unpaired) electrons. The molecule has 0 aliphatic heterocycles. The Morgan fingerprint density at radius 1 is 0.714 bits per heavy atom. The molecule has 2 aliphatic rings. The highest BCUT2D eigenvalue weighted by Crippen LogP contribution is 2.37. The van der Waals surface area contributed by atoms with Crippen molar-refractivity contribution in [1.82, 2.24) is 0 Å². The van der Waals surface area contributed by atoms with Gasteiger partial charge in [-0.1, -0.05) is 44.9 Å². The average Bonchev–Trinajstić information content (AvgIpc) is 2.62. The van der Waals surface area contributed by atoms with Gasteiger partial charge in [0.15, 0.2) is 0 Å². The summed E-state index contributed by atoms with van der Waals surface area (Å²) in [6.45, 7) is 0. The van der Waals surface area contributed by atoms with Crippen LogP contribution in [0.5, 0.6) is 0 Å². The molecule has 2 saturated carbocycles. The molecule has 0 saturated heterocycles. The molecule has 2 rings (SSSR count). The summed E-state index contributed by atoms with van der Waals surface area (Å²) in [5.74, 6) is 1.90. The molecule has 0 amide bonds. The second-order valence-electron chi connectivity index (χ2n) is 5.45. The monoisotopic (exact) mass is 195 g/mol. The summed E-state index contributed by atoms with van der Waals surface area (Å²) in [7, 11) is 0. The van der Waals surface area contributed by atoms with Crippen molar-refractivity contribution in [3.05, 3.63) is 0 Å². The van der Waals surface area contributed by atoms with Crippen molar-refractivity contribution in [3.63, 3.8) is 0 Å². The number of fused-ring (bicyclic) bond motifs is 2. The molecular weight excluding hydrogens is 170 g/mol. The zero-order chi connectivity index (χ0) is 9.80. The first-order chi connectivity index (χ1) is 6.86. The van der Waals surface area contributed by atoms with E-state index >= 15 is 0 Å². The lowest BCUT2D eigenvalue weighted by molar-refractivity contribution is 0.382. The zero-order valence-electron chi connectivity index (χ0n) is 9.38. The lowest BCUT2D eigenvalue weighted by atomic mass is 9.93. The first kappa shape index (κ1) is 10.5. The third-order valence-corrected chi connectivity index (χ3v) is 4.34. The molecule has 0 unspecified atom stereocenters. The SMILES string of the molecule is N[C@H]1CCCCCCC[C@H]2CC[C@@H]1C2. The van der Waals surface area contributed by atoms with Crippen LogP contribution in [-0.4, -0.2) is 6.04 Å². The predicted octanol–water partition coefficient (Wildman–Crippen LogP) is 3.47. The number of hydrogen-bond donors (Lipinski definition) is 1. The van der Waals surface area contributed by atoms with Gasteiger partial charge in [-0.3, -0.25) is 0 Å². The van der Waals surface area contributed by atoms with Crippen LogP contribution < -0.4 is 5.73 Å². The molecule has 14 heavy (non-hydrogen) atoms. The Kier molecular flexibility index (Phi) is 3.86. The highest BCUT2D eigenvalue weighted by Gasteiger charge is 2.28. The molecule has 0 heterocycles. The van der Waals surface area contributed by atoms with Crippen molar-refractivity contribution in [2.75, 3.05) is 0 Å². The van der Waals surface area contributed by atoms with Crippen LogP contribution in [-0.2, 0) is 0 Å². The van der Waals surface area contributed by atoms with Crippen molar-refractivity contribution in [1.29, 1.82) is 0 Å². The van der Waals surface area contributed by atoms with Crippen LogP contribution >= 0.6 is 0 Å². The molecule has 1 heteroatoms. The lowest BCUT2D eigenvalue weighted by Crippen LogP contribution is -2.28. The van der Waals surface area contributed by atoms with Crippen LogP contribution in [0.2, 0.25) is 0 Å². The van der Waals surface area contributed by atoms with Gasteiger partial charge in [0.25, 0.3) is 0 Å². The van der Waals surface area contributed by atoms with E-state index in [1.807, 2.05) is 0 Å². The van der Waals surface area contributed by atoms with Crippen molar-refractivity contribution in [3.8, 4) is 0 Å². The molecule has 0 aromatic rings. The quantitative estimate of drug-likeness (QED) is 0.629. The van der Waals surface area contributed by atoms with Crippen molar-refractivity contribution < 1.29 is 0 Å². The smallest absolute Gasteiger partial charge is 0.00672 e. The zero-order valence-corrected chi connectivity index (χ0v) is 9.38. The van der Waals surface area contributed by atoms with Gasteiger partial charge in [-0.15, -0.1) is 0 Å². The van der Waals surface area contributed by atoms with E-state index in [1.165, 1.54) is 64.2 Å². The molecule has 82 valence electrons. The van der Waals surface area contributed by atoms with E-state index < -0.39 is 0 Å². The van der Waals surface area contributed by atoms with Crippen LogP contribution in [0.15, 0.2) is 0 Å². The van der Waals surface area contributed by atoms with E-state index in [-0.39, 0.29) is 0 Å². The molecule has 2 bridgehead atoms. The molecule has 1 nitrogen and oxygen atoms in total. The third kappa shape index (κ3) is 2.73. The van der Waals surface area contributed by atoms with Crippen LogP contribution in [0, 0.1) is 11.8 Å². The first-order valence-electron chi connectivity index (χ1n) is 6.62. The van der Waals surface area contributed by atoms with Crippen LogP contribution in [0.1, 0.15) is 64.2 Å². The van der Waals surface area contributed by atoms with Crippen molar-refractivity contribution in [2.24, 2.45) is 17.6 Å². The number of rotatable bonds is 0. The van der Waals surface area contributed by atoms with Crippen LogP contribution in [0.4, 0.5) is 0 Å². The minimum Gasteiger partial charge on any atom is -0.327 e. The largest absolute Gasteiger partial charge is 0.327 e. The van der Waals surface area contributed by atoms with E-state index in [4.69, 9.17) is 5.73 Å². The van der Waals surface area contributed by atoms with E-state index in [2.05, 4.69) is 0 Å². The summed E-state index contributed by atoms with van der Waals surface area (Å²) in [6, 6.07) is 0.526. The molecule has 3 atom stereocenters. The topological polar surface area (TPSA) is 26.0 Å². The number of hydrogen-bond acceptors (Lipinski definition) is 1. The fraction of sp³-hybridized carbons (Fsp3) is 1.00. The number of nitrogens with two attached hydrogens (primary N) is 1. The van der Waals surface area contributed by atoms with E-state index in [9.17, 15) is 0 Å². The summed E-state index contributed by atoms with van der Waals surface area (Å²) in [5, 5.41) is 0. The lowest BCUT2D eigenvalue weighted by Gasteiger charge is -2.18. The Bertz CT molecular complexity index is 167. The van der Waals surface area contributed by atoms with Crippen LogP contribution in [0.25, 0.3) is 0 Å². The summed E-state index contributed by atoms with van der Waals surface area (Å²) in [4.78, 5) is 0. The minimum absolute atomic E-state index is 0.526. The molecule has 0 aromatic carbocycles. The summed E-state index contributed by atoms with van der Waals surface area (Å²) >= 11 is 0. The summed E-state index contributed by atoms with van der Waals surface area (Å²) < 4.78 is 0. The Hall–Kier alpha value is -0.0400. The van der Waals surface area contributed by atoms with E-state index in [0.29, 0.717) is 6.04 Å². The second kappa shape index (κ2) is 5.16. The predicted molar refractivity (Wildman–Crippen MR) is 61.1 cm³/mol. The highest BCUT2D eigenvalue weighted by molar-refractivity contribution is 4.83. The second-order valence-corrected chi connectivity index (χ2v) is 5.45. The maximum atomic E-state index is 6.26. The fourth-order valence-electron chi connectivity index (χ4n) is 3.34. The standard InChI is InChI=1S/C13H25N/c14-13-7-5-3-1-2-4-6-11-8-9-12(13)10-11/h11-13H,1-10,14H2/t11-,12+,13-/m0/s1. The molecule has 0 aromatic heterocycles. The molecular formula is C13H25N. The molecule has 0 spiro atoms. The van der Waals surface area contributed by atoms with Crippen molar-refractivity contribution >= 4 is 0 Å². The normalized spacial score (nSPS) is 40.5. The third-order valence-electron chi connectivity index (χ3n) is 4.34. The maximum absolute atomic E-state index is 6.26. The maximum Gasteiger partial charge on any atom is 0.00672 e. The van der Waals surface area contributed by atoms with E-state index in [0.717, 1.165) is 11.8 Å². The van der Waals surface area contributed by atoms with E-state index in [1.54, 1.807) is 0 Å². The summed E-state index contributed by atoms with van der Waals surface area (Å²) in [5.41, 5.74) is 6.26. The summed E-state index contributed by atoms with van der Waals surface area (Å²) in [6.07, 6.45) is 14.3. The molecule has 2 N–H and O–H groups in total.